The van der Waals surface area contributed by atoms with Crippen molar-refractivity contribution in [1.82, 2.24) is 20.6 Å². The maximum atomic E-state index is 12.2. The number of hydrogen-bond acceptors (Lipinski definition) is 6. The highest BCUT2D eigenvalue weighted by Gasteiger charge is 2.20. The van der Waals surface area contributed by atoms with E-state index in [-0.39, 0.29) is 30.7 Å². The van der Waals surface area contributed by atoms with Gasteiger partial charge in [-0.15, -0.1) is 24.8 Å². The molecule has 3 aromatic rings. The van der Waals surface area contributed by atoms with Gasteiger partial charge in [0.25, 0.3) is 5.91 Å². The summed E-state index contributed by atoms with van der Waals surface area (Å²) < 4.78 is 10.5. The molecule has 0 radical (unpaired) electrons. The second kappa shape index (κ2) is 10.00. The molecule has 1 amide bonds. The lowest BCUT2D eigenvalue weighted by Crippen LogP contribution is -2.35. The molecule has 0 bridgehead atoms. The number of pyridine rings is 1. The normalized spacial score (nSPS) is 13.9. The summed E-state index contributed by atoms with van der Waals surface area (Å²) in [7, 11) is 3.18. The van der Waals surface area contributed by atoms with Gasteiger partial charge in [0.2, 0.25) is 5.96 Å². The molecule has 0 atom stereocenters. The van der Waals surface area contributed by atoms with Crippen LogP contribution in [-0.2, 0) is 11.3 Å². The first-order valence-electron chi connectivity index (χ1n) is 8.66. The van der Waals surface area contributed by atoms with Gasteiger partial charge in [0.15, 0.2) is 11.5 Å². The smallest absolute Gasteiger partial charge is 0.276 e. The summed E-state index contributed by atoms with van der Waals surface area (Å²) in [6.07, 6.45) is 5.26. The highest BCUT2D eigenvalue weighted by molar-refractivity contribution is 6.14. The average molecular weight is 450 g/mol. The van der Waals surface area contributed by atoms with Crippen molar-refractivity contribution in [2.75, 3.05) is 14.2 Å². The topological polar surface area (TPSA) is 101 Å². The first kappa shape index (κ1) is 23.1. The maximum absolute atomic E-state index is 12.2. The molecule has 10 heteroatoms. The van der Waals surface area contributed by atoms with E-state index >= 15 is 0 Å². The van der Waals surface area contributed by atoms with Crippen LogP contribution >= 0.6 is 24.8 Å². The first-order valence-corrected chi connectivity index (χ1v) is 8.66. The molecule has 0 unspecified atom stereocenters. The van der Waals surface area contributed by atoms with E-state index in [0.29, 0.717) is 29.7 Å². The van der Waals surface area contributed by atoms with Crippen molar-refractivity contribution in [3.05, 3.63) is 59.5 Å². The maximum Gasteiger partial charge on any atom is 0.276 e. The molecule has 1 aromatic carbocycles. The summed E-state index contributed by atoms with van der Waals surface area (Å²) in [4.78, 5) is 23.9. The number of amides is 1. The zero-order valence-electron chi connectivity index (χ0n) is 16.3. The fraction of sp³-hybridized carbons (Fsp3) is 0.150. The second-order valence-corrected chi connectivity index (χ2v) is 6.13. The Balaban J connectivity index is 0.00000160. The van der Waals surface area contributed by atoms with Gasteiger partial charge in [-0.05, 0) is 35.9 Å². The summed E-state index contributed by atoms with van der Waals surface area (Å²) in [6.45, 7) is 0.476. The number of aliphatic imine (C=N–C) groups is 1. The number of rotatable bonds is 5. The molecule has 0 saturated carbocycles. The van der Waals surface area contributed by atoms with E-state index in [2.05, 4.69) is 25.6 Å². The van der Waals surface area contributed by atoms with Crippen LogP contribution in [0.2, 0.25) is 0 Å². The highest BCUT2D eigenvalue weighted by atomic mass is 35.5. The Morgan fingerprint density at radius 2 is 1.93 bits per heavy atom. The molecule has 3 N–H and O–H groups in total. The first-order chi connectivity index (χ1) is 13.7. The quantitative estimate of drug-likeness (QED) is 0.519. The summed E-state index contributed by atoms with van der Waals surface area (Å²) in [5.41, 5.74) is 2.93. The van der Waals surface area contributed by atoms with Crippen molar-refractivity contribution < 1.29 is 14.3 Å². The Hall–Kier alpha value is -3.23. The van der Waals surface area contributed by atoms with Crippen LogP contribution in [0.5, 0.6) is 11.5 Å². The van der Waals surface area contributed by atoms with E-state index < -0.39 is 0 Å². The van der Waals surface area contributed by atoms with Crippen LogP contribution in [0.1, 0.15) is 11.1 Å². The molecule has 2 aromatic heterocycles. The van der Waals surface area contributed by atoms with Crippen molar-refractivity contribution in [3.8, 4) is 11.5 Å². The second-order valence-electron chi connectivity index (χ2n) is 6.13. The van der Waals surface area contributed by atoms with Crippen LogP contribution < -0.4 is 20.1 Å². The molecule has 0 aliphatic carbocycles. The molecular formula is C20H21Cl2N5O3. The zero-order chi connectivity index (χ0) is 19.5. The van der Waals surface area contributed by atoms with E-state index in [1.54, 1.807) is 26.5 Å². The number of ether oxygens (including phenoxy) is 2. The van der Waals surface area contributed by atoms with E-state index in [4.69, 9.17) is 9.47 Å². The third-order valence-corrected chi connectivity index (χ3v) is 4.38. The molecule has 3 heterocycles. The molecule has 1 aliphatic heterocycles. The molecule has 0 fully saturated rings. The molecular weight excluding hydrogens is 429 g/mol. The Bertz CT molecular complexity index is 1110. The van der Waals surface area contributed by atoms with E-state index in [0.717, 1.165) is 22.2 Å². The predicted octanol–water partition coefficient (Wildman–Crippen LogP) is 3.04. The SMILES string of the molecule is COc1ccc(CNC2=N/C(=C\c3c[nH]c4ncccc34)C(=O)N2)cc1OC.Cl.Cl. The molecule has 8 nitrogen and oxygen atoms in total. The van der Waals surface area contributed by atoms with Crippen molar-refractivity contribution >= 4 is 53.8 Å². The lowest BCUT2D eigenvalue weighted by Gasteiger charge is -2.10. The van der Waals surface area contributed by atoms with Gasteiger partial charge in [0.1, 0.15) is 11.3 Å². The summed E-state index contributed by atoms with van der Waals surface area (Å²) in [6, 6.07) is 9.42. The number of benzene rings is 1. The molecule has 1 aliphatic rings. The van der Waals surface area contributed by atoms with Crippen LogP contribution in [0.15, 0.2) is 53.4 Å². The van der Waals surface area contributed by atoms with Crippen molar-refractivity contribution in [2.24, 2.45) is 4.99 Å². The highest BCUT2D eigenvalue weighted by Crippen LogP contribution is 2.27. The van der Waals surface area contributed by atoms with E-state index in [1.165, 1.54) is 0 Å². The largest absolute Gasteiger partial charge is 0.493 e. The van der Waals surface area contributed by atoms with Gasteiger partial charge in [-0.25, -0.2) is 9.98 Å². The lowest BCUT2D eigenvalue weighted by atomic mass is 10.2. The van der Waals surface area contributed by atoms with Gasteiger partial charge in [-0.1, -0.05) is 6.07 Å². The Labute approximate surface area is 185 Å². The van der Waals surface area contributed by atoms with E-state index in [9.17, 15) is 4.79 Å². The summed E-state index contributed by atoms with van der Waals surface area (Å²) >= 11 is 0. The minimum Gasteiger partial charge on any atom is -0.493 e. The van der Waals surface area contributed by atoms with E-state index in [1.807, 2.05) is 36.5 Å². The number of carbonyl (C=O) groups is 1. The number of nitrogens with one attached hydrogen (secondary N) is 3. The van der Waals surface area contributed by atoms with Crippen LogP contribution in [0, 0.1) is 0 Å². The molecule has 158 valence electrons. The van der Waals surface area contributed by atoms with Crippen LogP contribution in [0.25, 0.3) is 17.1 Å². The molecule has 0 saturated heterocycles. The van der Waals surface area contributed by atoms with Crippen LogP contribution in [0.4, 0.5) is 0 Å². The van der Waals surface area contributed by atoms with Gasteiger partial charge in [0, 0.05) is 29.9 Å². The molecule has 4 rings (SSSR count). The zero-order valence-corrected chi connectivity index (χ0v) is 17.9. The Morgan fingerprint density at radius 1 is 1.13 bits per heavy atom. The van der Waals surface area contributed by atoms with Crippen LogP contribution in [0.3, 0.4) is 0 Å². The number of methoxy groups -OCH3 is 2. The fourth-order valence-corrected chi connectivity index (χ4v) is 2.97. The monoisotopic (exact) mass is 449 g/mol. The number of halogens is 2. The van der Waals surface area contributed by atoms with Gasteiger partial charge in [-0.2, -0.15) is 0 Å². The molecule has 30 heavy (non-hydrogen) atoms. The third kappa shape index (κ3) is 4.67. The number of aromatic nitrogens is 2. The van der Waals surface area contributed by atoms with Crippen LogP contribution in [-0.4, -0.2) is 36.1 Å². The number of hydrogen-bond donors (Lipinski definition) is 3. The van der Waals surface area contributed by atoms with Gasteiger partial charge in [0.05, 0.1) is 14.2 Å². The van der Waals surface area contributed by atoms with Crippen molar-refractivity contribution in [2.45, 2.75) is 6.54 Å². The number of aromatic amines is 1. The van der Waals surface area contributed by atoms with Gasteiger partial charge >= 0.3 is 0 Å². The standard InChI is InChI=1S/C20H19N5O3.2ClH/c1-27-16-6-5-12(8-17(16)28-2)10-23-20-24-15(19(26)25-20)9-13-11-22-18-14(13)4-3-7-21-18;;/h3-9,11H,10H2,1-2H3,(H,21,22)(H2,23,24,25,26);2*1H/b15-9-;;. The van der Waals surface area contributed by atoms with Crippen molar-refractivity contribution in [1.29, 1.82) is 0 Å². The number of guanidine groups is 1. The number of fused-ring (bicyclic) bond motifs is 1. The lowest BCUT2D eigenvalue weighted by molar-refractivity contribution is -0.115. The Morgan fingerprint density at radius 3 is 2.70 bits per heavy atom. The van der Waals surface area contributed by atoms with Gasteiger partial charge < -0.3 is 19.8 Å². The molecule has 0 spiro atoms. The minimum absolute atomic E-state index is 0. The minimum atomic E-state index is -0.256. The van der Waals surface area contributed by atoms with Gasteiger partial charge in [-0.3, -0.25) is 10.1 Å². The number of carbonyl (C=O) groups excluding carboxylic acids is 1. The average Bonchev–Trinajstić information content (AvgIpc) is 3.30. The number of nitrogens with zero attached hydrogens (tertiary/aromatic N) is 2. The third-order valence-electron chi connectivity index (χ3n) is 4.38. The fourth-order valence-electron chi connectivity index (χ4n) is 2.97. The summed E-state index contributed by atoms with van der Waals surface area (Å²) in [5.74, 6) is 1.46. The number of H-pyrrole nitrogens is 1. The van der Waals surface area contributed by atoms with Crippen molar-refractivity contribution in [3.63, 3.8) is 0 Å². The summed E-state index contributed by atoms with van der Waals surface area (Å²) in [5, 5.41) is 6.80. The Kier molecular flexibility index (Phi) is 7.68. The predicted molar refractivity (Wildman–Crippen MR) is 121 cm³/mol.